The second-order valence-electron chi connectivity index (χ2n) is 7.04. The summed E-state index contributed by atoms with van der Waals surface area (Å²) in [4.78, 5) is 4.75. The number of fused-ring (bicyclic) bond motifs is 1. The maximum atomic E-state index is 12.4. The molecule has 1 heterocycles. The van der Waals surface area contributed by atoms with E-state index < -0.39 is 16.4 Å². The molecular weight excluding hydrogens is 433 g/mol. The third kappa shape index (κ3) is 5.28. The predicted octanol–water partition coefficient (Wildman–Crippen LogP) is 4.21. The van der Waals surface area contributed by atoms with Crippen LogP contribution in [-0.4, -0.2) is 42.7 Å². The van der Waals surface area contributed by atoms with E-state index in [4.69, 9.17) is 0 Å². The number of hydrogen-bond donors (Lipinski definition) is 1. The van der Waals surface area contributed by atoms with Crippen LogP contribution in [0.1, 0.15) is 19.2 Å². The minimum Gasteiger partial charge on any atom is -0.406 e. The first kappa shape index (κ1) is 22.9. The molecule has 0 amide bonds. The van der Waals surface area contributed by atoms with Crippen LogP contribution in [0.4, 0.5) is 18.9 Å². The van der Waals surface area contributed by atoms with Gasteiger partial charge in [-0.2, -0.15) is 0 Å². The third-order valence-corrected chi connectivity index (χ3v) is 6.37. The van der Waals surface area contributed by atoms with E-state index in [1.165, 1.54) is 38.4 Å². The number of sulfonamides is 1. The smallest absolute Gasteiger partial charge is 0.406 e. The largest absolute Gasteiger partial charge is 0.573 e. The molecule has 0 atom stereocenters. The van der Waals surface area contributed by atoms with Crippen LogP contribution in [0.5, 0.6) is 5.75 Å². The zero-order chi connectivity index (χ0) is 22.8. The molecule has 0 bridgehead atoms. The fourth-order valence-corrected chi connectivity index (χ4v) is 4.02. The lowest BCUT2D eigenvalue weighted by Gasteiger charge is -2.12. The van der Waals surface area contributed by atoms with E-state index >= 15 is 0 Å². The lowest BCUT2D eigenvalue weighted by molar-refractivity contribution is -0.274. The van der Waals surface area contributed by atoms with E-state index in [0.29, 0.717) is 30.1 Å². The first-order valence-corrected chi connectivity index (χ1v) is 11.0. The van der Waals surface area contributed by atoms with Crippen LogP contribution < -0.4 is 10.1 Å². The Morgan fingerprint density at radius 2 is 1.81 bits per heavy atom. The number of benzene rings is 2. The summed E-state index contributed by atoms with van der Waals surface area (Å²) in [6.07, 6.45) is -3.89. The molecule has 0 aliphatic rings. The molecule has 31 heavy (non-hydrogen) atoms. The summed E-state index contributed by atoms with van der Waals surface area (Å²) in [7, 11) is -0.644. The van der Waals surface area contributed by atoms with Gasteiger partial charge in [-0.25, -0.2) is 17.7 Å². The second-order valence-corrected chi connectivity index (χ2v) is 9.20. The van der Waals surface area contributed by atoms with Crippen LogP contribution in [0.2, 0.25) is 0 Å². The maximum Gasteiger partial charge on any atom is 0.573 e. The fraction of sp³-hybridized carbons (Fsp3) is 0.350. The molecular formula is C20H23F3N4O3S. The van der Waals surface area contributed by atoms with Gasteiger partial charge in [-0.3, -0.25) is 0 Å². The molecule has 0 spiro atoms. The highest BCUT2D eigenvalue weighted by molar-refractivity contribution is 7.89. The standard InChI is InChI=1S/C20H23F3N4O3S/c1-4-11-27-18-10-9-16(31(28,29)26(2)3)12-17(18)25-19(27)13-24-14-5-7-15(8-6-14)30-20(21,22)23/h5-10,12,24H,4,11,13H2,1-3H3. The van der Waals surface area contributed by atoms with Crippen molar-refractivity contribution >= 4 is 26.7 Å². The number of imidazole rings is 1. The van der Waals surface area contributed by atoms with Gasteiger partial charge in [0.15, 0.2) is 0 Å². The van der Waals surface area contributed by atoms with Gasteiger partial charge in [0.25, 0.3) is 0 Å². The average molecular weight is 456 g/mol. The van der Waals surface area contributed by atoms with Crippen molar-refractivity contribution in [3.63, 3.8) is 0 Å². The molecule has 2 aromatic carbocycles. The number of nitrogens with one attached hydrogen (secondary N) is 1. The zero-order valence-electron chi connectivity index (χ0n) is 17.3. The highest BCUT2D eigenvalue weighted by Gasteiger charge is 2.31. The van der Waals surface area contributed by atoms with Gasteiger partial charge in [0.05, 0.1) is 22.5 Å². The molecule has 0 aliphatic carbocycles. The number of nitrogens with zero attached hydrogens (tertiary/aromatic N) is 3. The van der Waals surface area contributed by atoms with E-state index in [1.807, 2.05) is 11.5 Å². The molecule has 7 nitrogen and oxygen atoms in total. The Labute approximate surface area is 178 Å². The predicted molar refractivity (Wildman–Crippen MR) is 111 cm³/mol. The van der Waals surface area contributed by atoms with E-state index in [1.54, 1.807) is 18.2 Å². The number of aryl methyl sites for hydroxylation is 1. The molecule has 0 aliphatic heterocycles. The molecule has 1 aromatic heterocycles. The summed E-state index contributed by atoms with van der Waals surface area (Å²) in [5.74, 6) is 0.387. The maximum absolute atomic E-state index is 12.4. The van der Waals surface area contributed by atoms with Crippen molar-refractivity contribution in [2.45, 2.75) is 37.7 Å². The van der Waals surface area contributed by atoms with Crippen molar-refractivity contribution in [2.75, 3.05) is 19.4 Å². The normalized spacial score (nSPS) is 12.5. The number of aromatic nitrogens is 2. The molecule has 0 saturated heterocycles. The average Bonchev–Trinajstić information content (AvgIpc) is 3.03. The van der Waals surface area contributed by atoms with Crippen molar-refractivity contribution < 1.29 is 26.3 Å². The van der Waals surface area contributed by atoms with Crippen molar-refractivity contribution in [1.29, 1.82) is 0 Å². The van der Waals surface area contributed by atoms with Crippen LogP contribution in [0.25, 0.3) is 11.0 Å². The van der Waals surface area contributed by atoms with Gasteiger partial charge in [-0.15, -0.1) is 13.2 Å². The number of alkyl halides is 3. The summed E-state index contributed by atoms with van der Waals surface area (Å²) in [6, 6.07) is 10.3. The summed E-state index contributed by atoms with van der Waals surface area (Å²) in [5.41, 5.74) is 1.97. The minimum absolute atomic E-state index is 0.158. The fourth-order valence-electron chi connectivity index (χ4n) is 3.09. The monoisotopic (exact) mass is 456 g/mol. The summed E-state index contributed by atoms with van der Waals surface area (Å²) in [5, 5.41) is 3.13. The topological polar surface area (TPSA) is 76.5 Å². The molecule has 3 rings (SSSR count). The van der Waals surface area contributed by atoms with E-state index in [0.717, 1.165) is 16.2 Å². The van der Waals surface area contributed by atoms with Gasteiger partial charge in [-0.05, 0) is 48.9 Å². The van der Waals surface area contributed by atoms with Crippen molar-refractivity contribution in [1.82, 2.24) is 13.9 Å². The quantitative estimate of drug-likeness (QED) is 0.550. The molecule has 0 fully saturated rings. The first-order chi connectivity index (χ1) is 14.5. The van der Waals surface area contributed by atoms with Crippen LogP contribution in [-0.2, 0) is 23.1 Å². The Morgan fingerprint density at radius 1 is 1.13 bits per heavy atom. The lowest BCUT2D eigenvalue weighted by atomic mass is 10.3. The number of anilines is 1. The molecule has 168 valence electrons. The Balaban J connectivity index is 1.85. The summed E-state index contributed by atoms with van der Waals surface area (Å²) >= 11 is 0. The SMILES string of the molecule is CCCn1c(CNc2ccc(OC(F)(F)F)cc2)nc2cc(S(=O)(=O)N(C)C)ccc21. The van der Waals surface area contributed by atoms with Crippen molar-refractivity contribution in [3.8, 4) is 5.75 Å². The van der Waals surface area contributed by atoms with Crippen LogP contribution >= 0.6 is 0 Å². The molecule has 0 unspecified atom stereocenters. The highest BCUT2D eigenvalue weighted by atomic mass is 32.2. The number of rotatable bonds is 8. The van der Waals surface area contributed by atoms with Gasteiger partial charge in [0.1, 0.15) is 11.6 Å². The Kier molecular flexibility index (Phi) is 6.46. The van der Waals surface area contributed by atoms with E-state index in [-0.39, 0.29) is 10.6 Å². The van der Waals surface area contributed by atoms with Gasteiger partial charge in [-0.1, -0.05) is 6.92 Å². The number of ether oxygens (including phenoxy) is 1. The Bertz CT molecular complexity index is 1160. The second kappa shape index (κ2) is 8.75. The minimum atomic E-state index is -4.74. The van der Waals surface area contributed by atoms with E-state index in [9.17, 15) is 21.6 Å². The molecule has 3 aromatic rings. The van der Waals surface area contributed by atoms with Crippen LogP contribution in [0.15, 0.2) is 47.4 Å². The Morgan fingerprint density at radius 3 is 2.39 bits per heavy atom. The summed E-state index contributed by atoms with van der Waals surface area (Å²) < 4.78 is 68.7. The van der Waals surface area contributed by atoms with E-state index in [2.05, 4.69) is 15.0 Å². The number of hydrogen-bond acceptors (Lipinski definition) is 5. The van der Waals surface area contributed by atoms with Crippen LogP contribution in [0, 0.1) is 0 Å². The third-order valence-electron chi connectivity index (χ3n) is 4.56. The van der Waals surface area contributed by atoms with Gasteiger partial charge < -0.3 is 14.6 Å². The van der Waals surface area contributed by atoms with Gasteiger partial charge >= 0.3 is 6.36 Å². The van der Waals surface area contributed by atoms with Crippen LogP contribution in [0.3, 0.4) is 0 Å². The molecule has 11 heteroatoms. The zero-order valence-corrected chi connectivity index (χ0v) is 18.1. The van der Waals surface area contributed by atoms with Crippen molar-refractivity contribution in [3.05, 3.63) is 48.3 Å². The lowest BCUT2D eigenvalue weighted by Crippen LogP contribution is -2.22. The summed E-state index contributed by atoms with van der Waals surface area (Å²) in [6.45, 7) is 3.02. The molecule has 0 saturated carbocycles. The molecule has 0 radical (unpaired) electrons. The van der Waals surface area contributed by atoms with Gasteiger partial charge in [0, 0.05) is 26.3 Å². The molecule has 1 N–H and O–H groups in total. The Hall–Kier alpha value is -2.79. The van der Waals surface area contributed by atoms with Gasteiger partial charge in [0.2, 0.25) is 10.0 Å². The first-order valence-electron chi connectivity index (χ1n) is 9.52. The van der Waals surface area contributed by atoms with Crippen molar-refractivity contribution in [2.24, 2.45) is 0 Å². The highest BCUT2D eigenvalue weighted by Crippen LogP contribution is 2.25. The number of halogens is 3.